The summed E-state index contributed by atoms with van der Waals surface area (Å²) >= 11 is 1.29. The molecule has 1 amide bonds. The molecule has 1 N–H and O–H groups in total. The Morgan fingerprint density at radius 3 is 2.46 bits per heavy atom. The maximum absolute atomic E-state index is 12.2. The zero-order valence-electron chi connectivity index (χ0n) is 15.0. The zero-order chi connectivity index (χ0) is 19.2. The van der Waals surface area contributed by atoms with Crippen LogP contribution in [0.3, 0.4) is 0 Å². The molecule has 2 rings (SSSR count). The molecule has 0 bridgehead atoms. The van der Waals surface area contributed by atoms with E-state index in [2.05, 4.69) is 10.3 Å². The second kappa shape index (κ2) is 9.16. The highest BCUT2D eigenvalue weighted by Crippen LogP contribution is 2.22. The third-order valence-electron chi connectivity index (χ3n) is 3.71. The predicted molar refractivity (Wildman–Crippen MR) is 104 cm³/mol. The van der Waals surface area contributed by atoms with E-state index in [4.69, 9.17) is 0 Å². The third-order valence-corrected chi connectivity index (χ3v) is 6.56. The van der Waals surface area contributed by atoms with Gasteiger partial charge in [0.25, 0.3) is 0 Å². The molecule has 6 nitrogen and oxygen atoms in total. The maximum Gasteiger partial charge on any atom is 0.244 e. The highest BCUT2D eigenvalue weighted by molar-refractivity contribution is 8.00. The number of nitrogens with zero attached hydrogens (tertiary/aromatic N) is 2. The van der Waals surface area contributed by atoms with Crippen molar-refractivity contribution in [2.75, 3.05) is 20.6 Å². The number of thioether (sulfide) groups is 1. The number of aromatic nitrogens is 1. The number of sulfonamides is 1. The standard InChI is InChI=1S/C18H23N3O3S2/c1-14(18(22)19-12-11-15-7-5-4-6-8-15)25-17-10-9-16(13-20-17)26(23,24)21(2)3/h4-10,13-14H,11-12H2,1-3H3,(H,19,22)/t14-/m0/s1. The fourth-order valence-electron chi connectivity index (χ4n) is 2.15. The van der Waals surface area contributed by atoms with E-state index in [9.17, 15) is 13.2 Å². The van der Waals surface area contributed by atoms with Gasteiger partial charge in [-0.3, -0.25) is 4.79 Å². The monoisotopic (exact) mass is 393 g/mol. The number of pyridine rings is 1. The van der Waals surface area contributed by atoms with Gasteiger partial charge in [-0.25, -0.2) is 17.7 Å². The normalized spacial score (nSPS) is 12.8. The molecule has 1 aromatic carbocycles. The Morgan fingerprint density at radius 2 is 1.88 bits per heavy atom. The van der Waals surface area contributed by atoms with Crippen molar-refractivity contribution in [3.63, 3.8) is 0 Å². The van der Waals surface area contributed by atoms with Gasteiger partial charge in [-0.15, -0.1) is 0 Å². The number of hydrogen-bond acceptors (Lipinski definition) is 5. The van der Waals surface area contributed by atoms with E-state index in [0.717, 1.165) is 10.7 Å². The number of nitrogens with one attached hydrogen (secondary N) is 1. The van der Waals surface area contributed by atoms with Crippen LogP contribution in [0.1, 0.15) is 12.5 Å². The van der Waals surface area contributed by atoms with E-state index in [1.165, 1.54) is 43.7 Å². The SMILES string of the molecule is C[C@H](Sc1ccc(S(=O)(=O)N(C)C)cn1)C(=O)NCCc1ccccc1. The maximum atomic E-state index is 12.2. The van der Waals surface area contributed by atoms with Crippen molar-refractivity contribution < 1.29 is 13.2 Å². The van der Waals surface area contributed by atoms with Crippen molar-refractivity contribution in [3.8, 4) is 0 Å². The number of rotatable bonds is 8. The Kier molecular flexibility index (Phi) is 7.19. The van der Waals surface area contributed by atoms with Crippen LogP contribution < -0.4 is 5.32 Å². The lowest BCUT2D eigenvalue weighted by atomic mass is 10.1. The third kappa shape index (κ3) is 5.55. The largest absolute Gasteiger partial charge is 0.355 e. The van der Waals surface area contributed by atoms with E-state index >= 15 is 0 Å². The van der Waals surface area contributed by atoms with E-state index < -0.39 is 10.0 Å². The van der Waals surface area contributed by atoms with E-state index in [0.29, 0.717) is 11.6 Å². The molecule has 0 saturated carbocycles. The lowest BCUT2D eigenvalue weighted by molar-refractivity contribution is -0.120. The van der Waals surface area contributed by atoms with Crippen molar-refractivity contribution in [1.29, 1.82) is 0 Å². The average molecular weight is 394 g/mol. The molecule has 1 heterocycles. The molecule has 0 spiro atoms. The summed E-state index contributed by atoms with van der Waals surface area (Å²) in [5, 5.41) is 3.19. The molecular weight excluding hydrogens is 370 g/mol. The van der Waals surface area contributed by atoms with Crippen LogP contribution in [0.4, 0.5) is 0 Å². The van der Waals surface area contributed by atoms with Crippen LogP contribution in [0.15, 0.2) is 58.6 Å². The van der Waals surface area contributed by atoms with Crippen molar-refractivity contribution in [3.05, 3.63) is 54.2 Å². The van der Waals surface area contributed by atoms with Crippen LogP contribution in [0.25, 0.3) is 0 Å². The van der Waals surface area contributed by atoms with Crippen molar-refractivity contribution in [1.82, 2.24) is 14.6 Å². The van der Waals surface area contributed by atoms with Gasteiger partial charge in [0.2, 0.25) is 15.9 Å². The van der Waals surface area contributed by atoms with Gasteiger partial charge < -0.3 is 5.32 Å². The molecule has 140 valence electrons. The molecule has 0 aliphatic rings. The summed E-state index contributed by atoms with van der Waals surface area (Å²) in [6.45, 7) is 2.37. The van der Waals surface area contributed by atoms with Crippen LogP contribution in [-0.4, -0.2) is 49.5 Å². The van der Waals surface area contributed by atoms with Crippen molar-refractivity contribution in [2.45, 2.75) is 28.5 Å². The number of carbonyl (C=O) groups excluding carboxylic acids is 1. The topological polar surface area (TPSA) is 79.4 Å². The Labute approximate surface area is 159 Å². The molecule has 0 fully saturated rings. The molecule has 2 aromatic rings. The fraction of sp³-hybridized carbons (Fsp3) is 0.333. The first-order valence-electron chi connectivity index (χ1n) is 8.17. The highest BCUT2D eigenvalue weighted by atomic mass is 32.2. The van der Waals surface area contributed by atoms with Crippen molar-refractivity contribution in [2.24, 2.45) is 0 Å². The zero-order valence-corrected chi connectivity index (χ0v) is 16.7. The van der Waals surface area contributed by atoms with Gasteiger partial charge in [0.05, 0.1) is 10.3 Å². The molecular formula is C18H23N3O3S2. The number of hydrogen-bond donors (Lipinski definition) is 1. The van der Waals surface area contributed by atoms with Gasteiger partial charge in [0, 0.05) is 26.8 Å². The van der Waals surface area contributed by atoms with Crippen LogP contribution in [0.2, 0.25) is 0 Å². The second-order valence-electron chi connectivity index (χ2n) is 5.91. The summed E-state index contributed by atoms with van der Waals surface area (Å²) in [5.41, 5.74) is 1.17. The summed E-state index contributed by atoms with van der Waals surface area (Å²) in [6, 6.07) is 13.1. The Hall–Kier alpha value is -1.90. The molecule has 8 heteroatoms. The summed E-state index contributed by atoms with van der Waals surface area (Å²) < 4.78 is 25.2. The minimum Gasteiger partial charge on any atom is -0.355 e. The highest BCUT2D eigenvalue weighted by Gasteiger charge is 2.19. The van der Waals surface area contributed by atoms with Crippen LogP contribution >= 0.6 is 11.8 Å². The predicted octanol–water partition coefficient (Wildman–Crippen LogP) is 2.17. The lowest BCUT2D eigenvalue weighted by Gasteiger charge is -2.13. The van der Waals surface area contributed by atoms with Gasteiger partial charge in [-0.1, -0.05) is 42.1 Å². The Balaban J connectivity index is 1.86. The summed E-state index contributed by atoms with van der Waals surface area (Å²) in [7, 11) is -0.550. The minimum atomic E-state index is -3.49. The molecule has 1 aromatic heterocycles. The van der Waals surface area contributed by atoms with E-state index in [-0.39, 0.29) is 16.1 Å². The number of amides is 1. The quantitative estimate of drug-likeness (QED) is 0.696. The van der Waals surface area contributed by atoms with Gasteiger partial charge in [0.1, 0.15) is 4.90 Å². The van der Waals surface area contributed by atoms with Crippen LogP contribution in [0, 0.1) is 0 Å². The first-order valence-corrected chi connectivity index (χ1v) is 10.5. The smallest absolute Gasteiger partial charge is 0.244 e. The average Bonchev–Trinajstić information content (AvgIpc) is 2.62. The molecule has 1 atom stereocenters. The Bertz CT molecular complexity index is 823. The van der Waals surface area contributed by atoms with Crippen molar-refractivity contribution >= 4 is 27.7 Å². The van der Waals surface area contributed by atoms with E-state index in [1.54, 1.807) is 13.0 Å². The minimum absolute atomic E-state index is 0.0716. The molecule has 0 unspecified atom stereocenters. The second-order valence-corrected chi connectivity index (χ2v) is 9.42. The first kappa shape index (κ1) is 20.4. The van der Waals surface area contributed by atoms with Gasteiger partial charge in [-0.2, -0.15) is 0 Å². The number of carbonyl (C=O) groups is 1. The Morgan fingerprint density at radius 1 is 1.19 bits per heavy atom. The fourth-order valence-corrected chi connectivity index (χ4v) is 3.81. The summed E-state index contributed by atoms with van der Waals surface area (Å²) in [4.78, 5) is 16.5. The van der Waals surface area contributed by atoms with Crippen LogP contribution in [0.5, 0.6) is 0 Å². The van der Waals surface area contributed by atoms with Gasteiger partial charge in [-0.05, 0) is 31.0 Å². The number of benzene rings is 1. The first-order chi connectivity index (χ1) is 12.3. The van der Waals surface area contributed by atoms with Crippen LogP contribution in [-0.2, 0) is 21.2 Å². The molecule has 0 saturated heterocycles. The molecule has 0 aliphatic carbocycles. The summed E-state index contributed by atoms with van der Waals surface area (Å²) in [5.74, 6) is -0.0716. The van der Waals surface area contributed by atoms with Gasteiger partial charge >= 0.3 is 0 Å². The summed E-state index contributed by atoms with van der Waals surface area (Å²) in [6.07, 6.45) is 2.09. The molecule has 0 radical (unpaired) electrons. The molecule has 0 aliphatic heterocycles. The lowest BCUT2D eigenvalue weighted by Crippen LogP contribution is -2.32. The molecule has 26 heavy (non-hydrogen) atoms. The van der Waals surface area contributed by atoms with Gasteiger partial charge in [0.15, 0.2) is 0 Å². The van der Waals surface area contributed by atoms with E-state index in [1.807, 2.05) is 30.3 Å².